The van der Waals surface area contributed by atoms with Crippen LogP contribution in [0.15, 0.2) is 35.2 Å². The number of nitrogens with one attached hydrogen (secondary N) is 2. The van der Waals surface area contributed by atoms with Gasteiger partial charge in [-0.1, -0.05) is 18.2 Å². The van der Waals surface area contributed by atoms with E-state index in [9.17, 15) is 4.79 Å². The molecule has 2 N–H and O–H groups in total. The largest absolute Gasteiger partial charge is 0.469 e. The molecule has 0 spiro atoms. The highest BCUT2D eigenvalue weighted by molar-refractivity contribution is 6.17. The first-order valence-electron chi connectivity index (χ1n) is 8.47. The lowest BCUT2D eigenvalue weighted by Crippen LogP contribution is -2.34. The SMILES string of the molecule is CCN/C=C(/COC(c1ccc(C)c(CCl)c1)C(C)(C)C(=O)OC)N=N. The van der Waals surface area contributed by atoms with Gasteiger partial charge in [0.2, 0.25) is 0 Å². The second-order valence-corrected chi connectivity index (χ2v) is 6.80. The molecule has 0 aliphatic rings. The molecule has 7 heteroatoms. The Hall–Kier alpha value is -1.92. The van der Waals surface area contributed by atoms with Crippen LogP contribution in [0.1, 0.15) is 43.6 Å². The first-order valence-corrected chi connectivity index (χ1v) is 9.00. The predicted octanol–water partition coefficient (Wildman–Crippen LogP) is 4.47. The number of ether oxygens (including phenoxy) is 2. The van der Waals surface area contributed by atoms with Crippen molar-refractivity contribution in [3.63, 3.8) is 0 Å². The van der Waals surface area contributed by atoms with Crippen LogP contribution in [0.2, 0.25) is 0 Å². The van der Waals surface area contributed by atoms with Crippen molar-refractivity contribution in [3.8, 4) is 0 Å². The lowest BCUT2D eigenvalue weighted by atomic mass is 9.81. The summed E-state index contributed by atoms with van der Waals surface area (Å²) in [4.78, 5) is 12.3. The van der Waals surface area contributed by atoms with Crippen molar-refractivity contribution in [2.24, 2.45) is 10.5 Å². The summed E-state index contributed by atoms with van der Waals surface area (Å²) in [6.07, 6.45) is 1.05. The van der Waals surface area contributed by atoms with Crippen molar-refractivity contribution in [2.75, 3.05) is 20.3 Å². The second kappa shape index (κ2) is 10.3. The molecular formula is C19H28ClN3O3. The van der Waals surface area contributed by atoms with E-state index in [1.165, 1.54) is 7.11 Å². The van der Waals surface area contributed by atoms with E-state index in [1.54, 1.807) is 20.0 Å². The van der Waals surface area contributed by atoms with E-state index in [0.717, 1.165) is 16.7 Å². The van der Waals surface area contributed by atoms with Crippen molar-refractivity contribution < 1.29 is 14.3 Å². The molecule has 6 nitrogen and oxygen atoms in total. The van der Waals surface area contributed by atoms with Crippen LogP contribution in [0, 0.1) is 17.9 Å². The van der Waals surface area contributed by atoms with E-state index in [-0.39, 0.29) is 12.6 Å². The van der Waals surface area contributed by atoms with Crippen molar-refractivity contribution in [1.82, 2.24) is 5.32 Å². The van der Waals surface area contributed by atoms with Crippen LogP contribution in [-0.4, -0.2) is 26.2 Å². The highest BCUT2D eigenvalue weighted by Crippen LogP contribution is 2.38. The molecule has 0 saturated heterocycles. The Morgan fingerprint density at radius 3 is 2.69 bits per heavy atom. The maximum Gasteiger partial charge on any atom is 0.314 e. The van der Waals surface area contributed by atoms with Gasteiger partial charge in [0.1, 0.15) is 5.70 Å². The van der Waals surface area contributed by atoms with E-state index in [1.807, 2.05) is 32.0 Å². The molecule has 144 valence electrons. The Morgan fingerprint density at radius 2 is 2.15 bits per heavy atom. The van der Waals surface area contributed by atoms with E-state index in [0.29, 0.717) is 18.1 Å². The molecular weight excluding hydrogens is 354 g/mol. The molecule has 1 rings (SSSR count). The molecule has 26 heavy (non-hydrogen) atoms. The quantitative estimate of drug-likeness (QED) is 0.355. The number of alkyl halides is 1. The number of benzene rings is 1. The standard InChI is InChI=1S/C19H28ClN3O3/c1-6-22-11-16(23-21)12-26-17(19(3,4)18(24)25-5)14-8-7-13(2)15(9-14)10-20/h7-9,11,17,21-22H,6,10,12H2,1-5H3/b16-11-,23-21?. The normalized spacial score (nSPS) is 13.2. The number of nitrogens with zero attached hydrogens (tertiary/aromatic N) is 1. The molecule has 0 aromatic heterocycles. The number of methoxy groups -OCH3 is 1. The zero-order valence-corrected chi connectivity index (χ0v) is 16.8. The molecule has 0 heterocycles. The van der Waals surface area contributed by atoms with E-state index in [2.05, 4.69) is 10.4 Å². The Morgan fingerprint density at radius 1 is 1.46 bits per heavy atom. The van der Waals surface area contributed by atoms with Crippen molar-refractivity contribution in [3.05, 3.63) is 46.8 Å². The summed E-state index contributed by atoms with van der Waals surface area (Å²) in [6.45, 7) is 8.28. The van der Waals surface area contributed by atoms with Gasteiger partial charge in [0.05, 0.1) is 25.2 Å². The third-order valence-electron chi connectivity index (χ3n) is 4.20. The fourth-order valence-corrected chi connectivity index (χ4v) is 2.87. The molecule has 0 radical (unpaired) electrons. The average Bonchev–Trinajstić information content (AvgIpc) is 2.64. The predicted molar refractivity (Wildman–Crippen MR) is 102 cm³/mol. The maximum atomic E-state index is 12.3. The topological polar surface area (TPSA) is 83.8 Å². The van der Waals surface area contributed by atoms with Crippen molar-refractivity contribution in [2.45, 2.75) is 39.7 Å². The third-order valence-corrected chi connectivity index (χ3v) is 4.49. The molecule has 0 aliphatic carbocycles. The molecule has 0 fully saturated rings. The molecule has 0 saturated carbocycles. The summed E-state index contributed by atoms with van der Waals surface area (Å²) >= 11 is 6.03. The Labute approximate surface area is 160 Å². The Bertz CT molecular complexity index is 659. The van der Waals surface area contributed by atoms with Gasteiger partial charge >= 0.3 is 5.97 Å². The molecule has 1 atom stereocenters. The Kier molecular flexibility index (Phi) is 8.75. The van der Waals surface area contributed by atoms with Gasteiger partial charge < -0.3 is 14.8 Å². The maximum absolute atomic E-state index is 12.3. The molecule has 1 aromatic carbocycles. The number of aryl methyl sites for hydroxylation is 1. The van der Waals surface area contributed by atoms with E-state index < -0.39 is 11.5 Å². The van der Waals surface area contributed by atoms with Crippen LogP contribution in [0.3, 0.4) is 0 Å². The summed E-state index contributed by atoms with van der Waals surface area (Å²) in [5.74, 6) is -0.00546. The summed E-state index contributed by atoms with van der Waals surface area (Å²) in [7, 11) is 1.36. The smallest absolute Gasteiger partial charge is 0.314 e. The lowest BCUT2D eigenvalue weighted by Gasteiger charge is -2.32. The van der Waals surface area contributed by atoms with Gasteiger partial charge in [0, 0.05) is 18.6 Å². The third kappa shape index (κ3) is 5.54. The van der Waals surface area contributed by atoms with Crippen molar-refractivity contribution >= 4 is 17.6 Å². The average molecular weight is 382 g/mol. The fourth-order valence-electron chi connectivity index (χ4n) is 2.58. The second-order valence-electron chi connectivity index (χ2n) is 6.53. The van der Waals surface area contributed by atoms with Crippen molar-refractivity contribution in [1.29, 1.82) is 5.53 Å². The Balaban J connectivity index is 3.22. The molecule has 1 aromatic rings. The number of halogens is 1. The monoisotopic (exact) mass is 381 g/mol. The van der Waals surface area contributed by atoms with Crippen LogP contribution in [-0.2, 0) is 20.1 Å². The zero-order valence-electron chi connectivity index (χ0n) is 16.1. The summed E-state index contributed by atoms with van der Waals surface area (Å²) in [6, 6.07) is 5.83. The highest BCUT2D eigenvalue weighted by atomic mass is 35.5. The first kappa shape index (κ1) is 22.1. The minimum atomic E-state index is -0.932. The van der Waals surface area contributed by atoms with Gasteiger partial charge in [0.15, 0.2) is 0 Å². The summed E-state index contributed by atoms with van der Waals surface area (Å²) in [5.41, 5.74) is 9.67. The van der Waals surface area contributed by atoms with Gasteiger partial charge in [-0.3, -0.25) is 4.79 Å². The molecule has 1 unspecified atom stereocenters. The number of hydrogen-bond donors (Lipinski definition) is 2. The van der Waals surface area contributed by atoms with Gasteiger partial charge in [-0.05, 0) is 44.4 Å². The summed E-state index contributed by atoms with van der Waals surface area (Å²) in [5, 5.41) is 6.47. The number of esters is 1. The fraction of sp³-hybridized carbons (Fsp3) is 0.526. The number of hydrogen-bond acceptors (Lipinski definition) is 6. The first-order chi connectivity index (χ1) is 12.3. The van der Waals surface area contributed by atoms with Crippen LogP contribution < -0.4 is 5.32 Å². The molecule has 0 aliphatic heterocycles. The van der Waals surface area contributed by atoms with Gasteiger partial charge in [-0.25, -0.2) is 5.53 Å². The van der Waals surface area contributed by atoms with Gasteiger partial charge in [-0.2, -0.15) is 5.11 Å². The van der Waals surface area contributed by atoms with Gasteiger partial charge in [0.25, 0.3) is 0 Å². The van der Waals surface area contributed by atoms with Crippen LogP contribution in [0.25, 0.3) is 0 Å². The number of carbonyl (C=O) groups excluding carboxylic acids is 1. The number of rotatable bonds is 10. The van der Waals surface area contributed by atoms with Crippen LogP contribution in [0.5, 0.6) is 0 Å². The van der Waals surface area contributed by atoms with Crippen LogP contribution in [0.4, 0.5) is 0 Å². The molecule has 0 amide bonds. The summed E-state index contributed by atoms with van der Waals surface area (Å²) < 4.78 is 11.0. The highest BCUT2D eigenvalue weighted by Gasteiger charge is 2.40. The minimum absolute atomic E-state index is 0.0890. The molecule has 0 bridgehead atoms. The zero-order chi connectivity index (χ0) is 19.7. The van der Waals surface area contributed by atoms with Crippen LogP contribution >= 0.6 is 11.6 Å². The van der Waals surface area contributed by atoms with E-state index in [4.69, 9.17) is 26.6 Å². The van der Waals surface area contributed by atoms with Gasteiger partial charge in [-0.15, -0.1) is 11.6 Å². The lowest BCUT2D eigenvalue weighted by molar-refractivity contribution is -0.160. The van der Waals surface area contributed by atoms with E-state index >= 15 is 0 Å². The number of carbonyl (C=O) groups is 1. The minimum Gasteiger partial charge on any atom is -0.469 e.